The average molecular weight is 278 g/mol. The maximum absolute atomic E-state index is 12.3. The predicted octanol–water partition coefficient (Wildman–Crippen LogP) is 2.91. The molecule has 0 aliphatic carbocycles. The lowest BCUT2D eigenvalue weighted by Gasteiger charge is -2.20. The zero-order valence-corrected chi connectivity index (χ0v) is 11.4. The number of carbonyl (C=O) groups is 1. The number of benzene rings is 1. The molecule has 2 aromatic rings. The zero-order chi connectivity index (χ0) is 13.8. The van der Waals surface area contributed by atoms with Crippen LogP contribution in [0.2, 0.25) is 5.02 Å². The molecule has 2 rings (SSSR count). The van der Waals surface area contributed by atoms with E-state index in [1.807, 2.05) is 31.2 Å². The van der Waals surface area contributed by atoms with Crippen molar-refractivity contribution in [1.82, 2.24) is 9.88 Å². The number of hydrogen-bond acceptors (Lipinski definition) is 2. The van der Waals surface area contributed by atoms with Crippen molar-refractivity contribution in [2.75, 3.05) is 12.3 Å². The second kappa shape index (κ2) is 5.80. The number of nitrogens with zero attached hydrogens (tertiary/aromatic N) is 1. The van der Waals surface area contributed by atoms with Gasteiger partial charge in [-0.2, -0.15) is 0 Å². The summed E-state index contributed by atoms with van der Waals surface area (Å²) in [6.45, 7) is 3.01. The van der Waals surface area contributed by atoms with Gasteiger partial charge < -0.3 is 15.6 Å². The molecule has 0 bridgehead atoms. The standard InChI is InChI=1S/C14H16ClN3O/c1-2-18(9-10-5-3-4-6-12(10)15)14(19)13-7-11(16)8-17-13/h3-8,17H,2,9,16H2,1H3. The van der Waals surface area contributed by atoms with Crippen LogP contribution in [0.25, 0.3) is 0 Å². The van der Waals surface area contributed by atoms with Gasteiger partial charge >= 0.3 is 0 Å². The first-order valence-corrected chi connectivity index (χ1v) is 6.46. The smallest absolute Gasteiger partial charge is 0.270 e. The first-order chi connectivity index (χ1) is 9.11. The van der Waals surface area contributed by atoms with E-state index in [2.05, 4.69) is 4.98 Å². The number of halogens is 1. The molecule has 4 nitrogen and oxygen atoms in total. The summed E-state index contributed by atoms with van der Waals surface area (Å²) in [6, 6.07) is 9.16. The molecule has 0 saturated carbocycles. The summed E-state index contributed by atoms with van der Waals surface area (Å²) < 4.78 is 0. The van der Waals surface area contributed by atoms with Gasteiger partial charge in [0.1, 0.15) is 5.69 Å². The number of amides is 1. The summed E-state index contributed by atoms with van der Waals surface area (Å²) >= 11 is 6.11. The summed E-state index contributed by atoms with van der Waals surface area (Å²) in [6.07, 6.45) is 1.61. The molecule has 0 spiro atoms. The first-order valence-electron chi connectivity index (χ1n) is 6.08. The summed E-state index contributed by atoms with van der Waals surface area (Å²) in [5, 5.41) is 0.666. The Labute approximate surface area is 117 Å². The van der Waals surface area contributed by atoms with E-state index in [1.165, 1.54) is 0 Å². The third kappa shape index (κ3) is 3.09. The molecule has 19 heavy (non-hydrogen) atoms. The molecule has 1 aromatic heterocycles. The van der Waals surface area contributed by atoms with Crippen molar-refractivity contribution < 1.29 is 4.79 Å². The molecule has 1 amide bonds. The number of aromatic amines is 1. The third-order valence-corrected chi connectivity index (χ3v) is 3.29. The van der Waals surface area contributed by atoms with Gasteiger partial charge in [-0.25, -0.2) is 0 Å². The molecular weight excluding hydrogens is 262 g/mol. The molecule has 3 N–H and O–H groups in total. The Bertz CT molecular complexity index is 580. The van der Waals surface area contributed by atoms with Gasteiger partial charge in [-0.1, -0.05) is 29.8 Å². The van der Waals surface area contributed by atoms with Crippen LogP contribution < -0.4 is 5.73 Å². The van der Waals surface area contributed by atoms with Crippen LogP contribution in [-0.2, 0) is 6.54 Å². The highest BCUT2D eigenvalue weighted by atomic mass is 35.5. The highest BCUT2D eigenvalue weighted by Gasteiger charge is 2.16. The van der Waals surface area contributed by atoms with E-state index in [9.17, 15) is 4.79 Å². The molecule has 1 aromatic carbocycles. The van der Waals surface area contributed by atoms with Crippen molar-refractivity contribution in [3.63, 3.8) is 0 Å². The molecule has 0 aliphatic heterocycles. The van der Waals surface area contributed by atoms with Crippen molar-refractivity contribution in [3.05, 3.63) is 52.8 Å². The van der Waals surface area contributed by atoms with Crippen LogP contribution in [0.3, 0.4) is 0 Å². The summed E-state index contributed by atoms with van der Waals surface area (Å²) in [5.74, 6) is -0.0841. The second-order valence-corrected chi connectivity index (χ2v) is 4.66. The van der Waals surface area contributed by atoms with Crippen molar-refractivity contribution in [2.45, 2.75) is 13.5 Å². The Morgan fingerprint density at radius 3 is 2.74 bits per heavy atom. The van der Waals surface area contributed by atoms with E-state index in [4.69, 9.17) is 17.3 Å². The van der Waals surface area contributed by atoms with Crippen molar-refractivity contribution in [2.24, 2.45) is 0 Å². The minimum absolute atomic E-state index is 0.0841. The number of rotatable bonds is 4. The molecule has 0 fully saturated rings. The lowest BCUT2D eigenvalue weighted by atomic mass is 10.2. The molecule has 0 unspecified atom stereocenters. The van der Waals surface area contributed by atoms with E-state index in [0.717, 1.165) is 5.56 Å². The van der Waals surface area contributed by atoms with Crippen LogP contribution in [0.15, 0.2) is 36.5 Å². The van der Waals surface area contributed by atoms with E-state index >= 15 is 0 Å². The average Bonchev–Trinajstić information content (AvgIpc) is 2.84. The Kier molecular flexibility index (Phi) is 4.12. The van der Waals surface area contributed by atoms with Crippen LogP contribution in [0.4, 0.5) is 5.69 Å². The predicted molar refractivity (Wildman–Crippen MR) is 77.1 cm³/mol. The van der Waals surface area contributed by atoms with Crippen LogP contribution >= 0.6 is 11.6 Å². The maximum Gasteiger partial charge on any atom is 0.270 e. The number of hydrogen-bond donors (Lipinski definition) is 2. The third-order valence-electron chi connectivity index (χ3n) is 2.92. The van der Waals surface area contributed by atoms with Crippen LogP contribution in [0.1, 0.15) is 23.0 Å². The highest BCUT2D eigenvalue weighted by molar-refractivity contribution is 6.31. The fourth-order valence-corrected chi connectivity index (χ4v) is 2.06. The Balaban J connectivity index is 2.17. The Hall–Kier alpha value is -1.94. The van der Waals surface area contributed by atoms with Crippen molar-refractivity contribution in [3.8, 4) is 0 Å². The number of anilines is 1. The first kappa shape index (κ1) is 13.5. The van der Waals surface area contributed by atoms with Crippen LogP contribution in [0, 0.1) is 0 Å². The number of aromatic nitrogens is 1. The largest absolute Gasteiger partial charge is 0.397 e. The lowest BCUT2D eigenvalue weighted by Crippen LogP contribution is -2.30. The fraction of sp³-hybridized carbons (Fsp3) is 0.214. The van der Waals surface area contributed by atoms with E-state index in [0.29, 0.717) is 29.5 Å². The quantitative estimate of drug-likeness (QED) is 0.903. The van der Waals surface area contributed by atoms with Crippen LogP contribution in [0.5, 0.6) is 0 Å². The number of nitrogen functional groups attached to an aromatic ring is 1. The molecule has 1 heterocycles. The van der Waals surface area contributed by atoms with Gasteiger partial charge in [-0.3, -0.25) is 4.79 Å². The summed E-state index contributed by atoms with van der Waals surface area (Å²) in [5.41, 5.74) is 7.59. The van der Waals surface area contributed by atoms with Gasteiger partial charge in [-0.15, -0.1) is 0 Å². The normalized spacial score (nSPS) is 10.4. The van der Waals surface area contributed by atoms with Crippen molar-refractivity contribution in [1.29, 1.82) is 0 Å². The number of nitrogens with one attached hydrogen (secondary N) is 1. The fourth-order valence-electron chi connectivity index (χ4n) is 1.86. The minimum atomic E-state index is -0.0841. The number of H-pyrrole nitrogens is 1. The van der Waals surface area contributed by atoms with Gasteiger partial charge in [0.05, 0.1) is 0 Å². The topological polar surface area (TPSA) is 62.1 Å². The van der Waals surface area contributed by atoms with Gasteiger partial charge in [0.25, 0.3) is 5.91 Å². The molecule has 0 radical (unpaired) electrons. The Morgan fingerprint density at radius 2 is 2.16 bits per heavy atom. The molecule has 0 saturated heterocycles. The van der Waals surface area contributed by atoms with E-state index in [1.54, 1.807) is 17.2 Å². The van der Waals surface area contributed by atoms with E-state index in [-0.39, 0.29) is 5.91 Å². The molecule has 0 aliphatic rings. The number of nitrogens with two attached hydrogens (primary N) is 1. The zero-order valence-electron chi connectivity index (χ0n) is 10.7. The maximum atomic E-state index is 12.3. The monoisotopic (exact) mass is 277 g/mol. The summed E-state index contributed by atoms with van der Waals surface area (Å²) in [7, 11) is 0. The molecule has 100 valence electrons. The molecular formula is C14H16ClN3O. The van der Waals surface area contributed by atoms with Crippen LogP contribution in [-0.4, -0.2) is 22.3 Å². The van der Waals surface area contributed by atoms with Gasteiger partial charge in [0.2, 0.25) is 0 Å². The second-order valence-electron chi connectivity index (χ2n) is 4.26. The van der Waals surface area contributed by atoms with Gasteiger partial charge in [0, 0.05) is 30.0 Å². The Morgan fingerprint density at radius 1 is 1.42 bits per heavy atom. The lowest BCUT2D eigenvalue weighted by molar-refractivity contribution is 0.0747. The molecule has 0 atom stereocenters. The number of carbonyl (C=O) groups excluding carboxylic acids is 1. The SMILES string of the molecule is CCN(Cc1ccccc1Cl)C(=O)c1cc(N)c[nH]1. The van der Waals surface area contributed by atoms with E-state index < -0.39 is 0 Å². The minimum Gasteiger partial charge on any atom is -0.397 e. The summed E-state index contributed by atoms with van der Waals surface area (Å²) in [4.78, 5) is 16.9. The van der Waals surface area contributed by atoms with Gasteiger partial charge in [-0.05, 0) is 24.6 Å². The van der Waals surface area contributed by atoms with Gasteiger partial charge in [0.15, 0.2) is 0 Å². The molecule has 5 heteroatoms. The highest BCUT2D eigenvalue weighted by Crippen LogP contribution is 2.18. The van der Waals surface area contributed by atoms with Crippen molar-refractivity contribution >= 4 is 23.2 Å².